The average molecular weight is 657 g/mol. The third-order valence-corrected chi connectivity index (χ3v) is 4.99. The van der Waals surface area contributed by atoms with Crippen LogP contribution in [-0.2, 0) is 35.5 Å². The molecule has 0 aromatic heterocycles. The second-order valence-corrected chi connectivity index (χ2v) is 10.2. The molecule has 0 radical (unpaired) electrons. The fourth-order valence-electron chi connectivity index (χ4n) is 3.91. The summed E-state index contributed by atoms with van der Waals surface area (Å²) in [6, 6.07) is 12.4. The van der Waals surface area contributed by atoms with Gasteiger partial charge < -0.3 is 18.9 Å². The summed E-state index contributed by atoms with van der Waals surface area (Å²) >= 11 is 0. The van der Waals surface area contributed by atoms with Crippen molar-refractivity contribution in [1.29, 1.82) is 0 Å². The molecule has 280 valence electrons. The number of ether oxygens (including phenoxy) is 4. The van der Waals surface area contributed by atoms with E-state index >= 15 is 0 Å². The van der Waals surface area contributed by atoms with Gasteiger partial charge in [-0.2, -0.15) is 0 Å². The fourth-order valence-corrected chi connectivity index (χ4v) is 3.91. The van der Waals surface area contributed by atoms with Crippen LogP contribution in [0.3, 0.4) is 0 Å². The molecule has 0 saturated carbocycles. The largest absolute Gasteiger partial charge is 0.487 e. The Labute approximate surface area is 293 Å². The molecule has 0 spiro atoms. The van der Waals surface area contributed by atoms with Crippen LogP contribution in [0.15, 0.2) is 36.4 Å². The Morgan fingerprint density at radius 2 is 0.935 bits per heavy atom. The minimum absolute atomic E-state index is 0. The number of hydrogen-bond donors (Lipinski definition) is 0. The number of benzene rings is 2. The van der Waals surface area contributed by atoms with E-state index in [0.29, 0.717) is 13.2 Å². The Balaban J connectivity index is -0.0000000710. The van der Waals surface area contributed by atoms with Crippen molar-refractivity contribution in [3.8, 4) is 11.5 Å². The van der Waals surface area contributed by atoms with Crippen molar-refractivity contribution in [1.82, 2.24) is 0 Å². The second-order valence-electron chi connectivity index (χ2n) is 10.2. The molecule has 0 N–H and O–H groups in total. The summed E-state index contributed by atoms with van der Waals surface area (Å²) in [6.45, 7) is 34.3. The first-order valence-corrected chi connectivity index (χ1v) is 16.6. The van der Waals surface area contributed by atoms with Crippen molar-refractivity contribution in [3.05, 3.63) is 58.7 Å². The highest BCUT2D eigenvalue weighted by Gasteiger charge is 2.32. The van der Waals surface area contributed by atoms with Crippen LogP contribution in [0.1, 0.15) is 176 Å². The maximum atomic E-state index is 5.90. The summed E-state index contributed by atoms with van der Waals surface area (Å²) in [7, 11) is 3.43. The summed E-state index contributed by atoms with van der Waals surface area (Å²) in [5.41, 5.74) is 4.87. The summed E-state index contributed by atoms with van der Waals surface area (Å²) in [6.07, 6.45) is 4.46. The topological polar surface area (TPSA) is 36.9 Å². The van der Waals surface area contributed by atoms with Gasteiger partial charge in [-0.05, 0) is 44.9 Å². The summed E-state index contributed by atoms with van der Waals surface area (Å²) < 4.78 is 22.0. The van der Waals surface area contributed by atoms with E-state index < -0.39 is 0 Å². The van der Waals surface area contributed by atoms with Crippen LogP contribution >= 0.6 is 0 Å². The predicted molar refractivity (Wildman–Crippen MR) is 215 cm³/mol. The van der Waals surface area contributed by atoms with Gasteiger partial charge >= 0.3 is 0 Å². The van der Waals surface area contributed by atoms with Crippen molar-refractivity contribution in [2.45, 2.75) is 191 Å². The van der Waals surface area contributed by atoms with E-state index in [4.69, 9.17) is 18.9 Å². The molecule has 4 rings (SSSR count). The molecule has 46 heavy (non-hydrogen) atoms. The van der Waals surface area contributed by atoms with Gasteiger partial charge in [-0.3, -0.25) is 0 Å². The lowest BCUT2D eigenvalue weighted by molar-refractivity contribution is 0.130. The summed E-state index contributed by atoms with van der Waals surface area (Å²) in [4.78, 5) is 0. The van der Waals surface area contributed by atoms with Crippen LogP contribution in [0, 0.1) is 0 Å². The van der Waals surface area contributed by atoms with Crippen LogP contribution in [0.25, 0.3) is 0 Å². The van der Waals surface area contributed by atoms with Crippen LogP contribution in [-0.4, -0.2) is 25.4 Å². The summed E-state index contributed by atoms with van der Waals surface area (Å²) in [5.74, 6) is 2.05. The molecule has 0 unspecified atom stereocenters. The first-order valence-electron chi connectivity index (χ1n) is 16.6. The third-order valence-electron chi connectivity index (χ3n) is 4.99. The Bertz CT molecular complexity index is 785. The van der Waals surface area contributed by atoms with E-state index in [2.05, 4.69) is 79.7 Å². The monoisotopic (exact) mass is 657 g/mol. The standard InChI is InChI=1S/2C12H16O2.2C3H8.4C2H6.4CH4/c1-12(2)7-10-9(8-13-3)5-4-6-11(10)14-12;1-12(2)7-9-5-4-6-10(8-13-3)11(9)14-12;2*1-3-2;4*1-2;;;;/h2*4-6H,7-8H2,1-3H3;2*3H2,1-2H3;4*1-2H3;4*1H4. The van der Waals surface area contributed by atoms with Gasteiger partial charge in [0.2, 0.25) is 0 Å². The van der Waals surface area contributed by atoms with Gasteiger partial charge in [-0.25, -0.2) is 0 Å². The van der Waals surface area contributed by atoms with Crippen LogP contribution in [0.4, 0.5) is 0 Å². The van der Waals surface area contributed by atoms with Gasteiger partial charge in [0, 0.05) is 38.2 Å². The lowest BCUT2D eigenvalue weighted by Gasteiger charge is -2.18. The zero-order valence-electron chi connectivity index (χ0n) is 31.3. The Kier molecular flexibility index (Phi) is 53.4. The lowest BCUT2D eigenvalue weighted by Crippen LogP contribution is -2.24. The minimum atomic E-state index is -0.0633. The third kappa shape index (κ3) is 26.1. The Morgan fingerprint density at radius 3 is 1.37 bits per heavy atom. The van der Waals surface area contributed by atoms with E-state index in [9.17, 15) is 0 Å². The minimum Gasteiger partial charge on any atom is -0.487 e. The van der Waals surface area contributed by atoms with Gasteiger partial charge in [-0.1, -0.05) is 156 Å². The van der Waals surface area contributed by atoms with E-state index in [0.717, 1.165) is 29.9 Å². The average Bonchev–Trinajstić information content (AvgIpc) is 3.49. The van der Waals surface area contributed by atoms with Crippen molar-refractivity contribution >= 4 is 0 Å². The van der Waals surface area contributed by atoms with Crippen molar-refractivity contribution in [3.63, 3.8) is 0 Å². The zero-order valence-corrected chi connectivity index (χ0v) is 31.3. The lowest BCUT2D eigenvalue weighted by atomic mass is 9.98. The maximum absolute atomic E-state index is 5.90. The first-order chi connectivity index (χ1) is 20.1. The van der Waals surface area contributed by atoms with Gasteiger partial charge in [0.05, 0.1) is 13.2 Å². The fraction of sp³-hybridized carbons (Fsp3) is 0.714. The molecule has 4 nitrogen and oxygen atoms in total. The zero-order chi connectivity index (χ0) is 33.8. The molecule has 2 heterocycles. The van der Waals surface area contributed by atoms with E-state index in [1.54, 1.807) is 14.2 Å². The molecule has 2 aliphatic rings. The number of fused-ring (bicyclic) bond motifs is 2. The molecule has 0 fully saturated rings. The number of para-hydroxylation sites is 1. The van der Waals surface area contributed by atoms with Crippen LogP contribution in [0.2, 0.25) is 0 Å². The summed E-state index contributed by atoms with van der Waals surface area (Å²) in [5, 5.41) is 0. The molecule has 4 heteroatoms. The van der Waals surface area contributed by atoms with Gasteiger partial charge in [0.1, 0.15) is 22.7 Å². The molecular formula is C42H88O4. The Morgan fingerprint density at radius 1 is 0.565 bits per heavy atom. The van der Waals surface area contributed by atoms with Crippen molar-refractivity contribution in [2.75, 3.05) is 14.2 Å². The number of hydrogen-bond acceptors (Lipinski definition) is 4. The molecule has 2 aromatic carbocycles. The number of methoxy groups -OCH3 is 2. The predicted octanol–water partition coefficient (Wildman–Crippen LogP) is 14.6. The molecule has 0 aliphatic carbocycles. The van der Waals surface area contributed by atoms with E-state index in [-0.39, 0.29) is 40.9 Å². The highest BCUT2D eigenvalue weighted by molar-refractivity contribution is 5.46. The van der Waals surface area contributed by atoms with Crippen molar-refractivity contribution < 1.29 is 18.9 Å². The number of rotatable bonds is 4. The quantitative estimate of drug-likeness (QED) is 0.328. The molecular weight excluding hydrogens is 568 g/mol. The van der Waals surface area contributed by atoms with E-state index in [1.807, 2.05) is 67.5 Å². The smallest absolute Gasteiger partial charge is 0.128 e. The van der Waals surface area contributed by atoms with Crippen LogP contribution in [0.5, 0.6) is 11.5 Å². The molecule has 2 aromatic rings. The second kappa shape index (κ2) is 39.1. The molecule has 0 bridgehead atoms. The SMILES string of the molecule is C.C.C.C.CC.CC.CC.CC.CCC.CCC.COCc1cccc2c1CC(C)(C)O2.COCc1cccc2c1OC(C)(C)C2. The Hall–Kier alpha value is -2.04. The molecule has 0 amide bonds. The highest BCUT2D eigenvalue weighted by atomic mass is 16.5. The van der Waals surface area contributed by atoms with Gasteiger partial charge in [0.15, 0.2) is 0 Å². The van der Waals surface area contributed by atoms with Gasteiger partial charge in [-0.15, -0.1) is 0 Å². The van der Waals surface area contributed by atoms with Crippen molar-refractivity contribution in [2.24, 2.45) is 0 Å². The molecule has 0 saturated heterocycles. The normalized spacial score (nSPS) is 12.0. The first kappa shape index (κ1) is 62.7. The highest BCUT2D eigenvalue weighted by Crippen LogP contribution is 2.38. The van der Waals surface area contributed by atoms with Gasteiger partial charge in [0.25, 0.3) is 0 Å². The molecule has 2 aliphatic heterocycles. The maximum Gasteiger partial charge on any atom is 0.128 e. The van der Waals surface area contributed by atoms with Crippen LogP contribution < -0.4 is 9.47 Å². The van der Waals surface area contributed by atoms with E-state index in [1.165, 1.54) is 29.5 Å². The molecule has 0 atom stereocenters.